The zero-order valence-electron chi connectivity index (χ0n) is 17.5. The topological polar surface area (TPSA) is 103 Å². The number of carbonyl (C=O) groups excluding carboxylic acids is 2. The third-order valence-corrected chi connectivity index (χ3v) is 4.61. The molecule has 0 aliphatic heterocycles. The zero-order chi connectivity index (χ0) is 22.1. The van der Waals surface area contributed by atoms with E-state index in [0.29, 0.717) is 47.1 Å². The van der Waals surface area contributed by atoms with Gasteiger partial charge in [0.05, 0.1) is 11.1 Å². The van der Waals surface area contributed by atoms with Crippen LogP contribution in [0.5, 0.6) is 11.5 Å². The average Bonchev–Trinajstić information content (AvgIpc) is 2.70. The van der Waals surface area contributed by atoms with Crippen LogP contribution in [-0.4, -0.2) is 31.6 Å². The lowest BCUT2D eigenvalue weighted by atomic mass is 10.1. The maximum absolute atomic E-state index is 12.3. The lowest BCUT2D eigenvalue weighted by Gasteiger charge is -2.15. The van der Waals surface area contributed by atoms with Crippen molar-refractivity contribution in [3.05, 3.63) is 52.0 Å². The Balaban J connectivity index is 2.10. The third kappa shape index (κ3) is 7.26. The van der Waals surface area contributed by atoms with Crippen LogP contribution in [-0.2, 0) is 11.3 Å². The molecule has 2 amide bonds. The Labute approximate surface area is 185 Å². The van der Waals surface area contributed by atoms with Crippen LogP contribution in [0.2, 0.25) is 0 Å². The summed E-state index contributed by atoms with van der Waals surface area (Å²) in [5.41, 5.74) is 7.53. The molecule has 0 saturated heterocycles. The van der Waals surface area contributed by atoms with Crippen molar-refractivity contribution in [1.82, 2.24) is 5.32 Å². The molecule has 0 aliphatic carbocycles. The number of hydrogen-bond acceptors (Lipinski definition) is 5. The molecule has 0 saturated carbocycles. The Morgan fingerprint density at radius 2 is 1.93 bits per heavy atom. The summed E-state index contributed by atoms with van der Waals surface area (Å²) in [6, 6.07) is 11.1. The van der Waals surface area contributed by atoms with Crippen molar-refractivity contribution < 1.29 is 19.1 Å². The van der Waals surface area contributed by atoms with Crippen LogP contribution in [0, 0.1) is 5.92 Å². The quantitative estimate of drug-likeness (QED) is 0.457. The Bertz CT molecular complexity index is 887. The molecule has 0 atom stereocenters. The highest BCUT2D eigenvalue weighted by Gasteiger charge is 2.14. The van der Waals surface area contributed by atoms with Gasteiger partial charge in [-0.05, 0) is 64.7 Å². The number of hydrogen-bond donors (Lipinski definition) is 3. The van der Waals surface area contributed by atoms with Gasteiger partial charge in [0, 0.05) is 24.3 Å². The second kappa shape index (κ2) is 11.4. The summed E-state index contributed by atoms with van der Waals surface area (Å²) in [5, 5.41) is 6.23. The minimum atomic E-state index is -0.563. The average molecular weight is 478 g/mol. The van der Waals surface area contributed by atoms with Crippen molar-refractivity contribution in [2.75, 3.05) is 25.1 Å². The van der Waals surface area contributed by atoms with Crippen LogP contribution in [0.15, 0.2) is 40.9 Å². The van der Waals surface area contributed by atoms with Gasteiger partial charge in [-0.15, -0.1) is 0 Å². The molecule has 2 aromatic carbocycles. The van der Waals surface area contributed by atoms with Crippen LogP contribution in [0.4, 0.5) is 5.69 Å². The molecule has 7 nitrogen and oxygen atoms in total. The van der Waals surface area contributed by atoms with E-state index < -0.39 is 5.91 Å². The lowest BCUT2D eigenvalue weighted by Crippen LogP contribution is -2.27. The van der Waals surface area contributed by atoms with E-state index in [-0.39, 0.29) is 12.5 Å². The summed E-state index contributed by atoms with van der Waals surface area (Å²) in [6.07, 6.45) is 0. The first-order valence-electron chi connectivity index (χ1n) is 9.78. The first-order chi connectivity index (χ1) is 14.3. The number of nitrogens with one attached hydrogen (secondary N) is 2. The predicted molar refractivity (Wildman–Crippen MR) is 121 cm³/mol. The van der Waals surface area contributed by atoms with Crippen LogP contribution in [0.3, 0.4) is 0 Å². The number of halogens is 1. The maximum atomic E-state index is 12.3. The standard InChI is InChI=1S/C22H28BrN3O4/c1-4-29-19-9-15(8-18(23)21(19)30-13-20(24)27)12-25-17-7-5-6-16(10-17)22(28)26-11-14(2)3/h5-10,14,25H,4,11-13H2,1-3H3,(H2,24,27)(H,26,28). The van der Waals surface area contributed by atoms with Crippen LogP contribution in [0.1, 0.15) is 36.7 Å². The van der Waals surface area contributed by atoms with Gasteiger partial charge in [0.25, 0.3) is 11.8 Å². The minimum absolute atomic E-state index is 0.0929. The normalized spacial score (nSPS) is 10.6. The molecule has 0 radical (unpaired) electrons. The molecule has 0 aliphatic rings. The third-order valence-electron chi connectivity index (χ3n) is 4.02. The Kier molecular flexibility index (Phi) is 8.98. The number of nitrogens with two attached hydrogens (primary N) is 1. The van der Waals surface area contributed by atoms with Gasteiger partial charge in [-0.1, -0.05) is 19.9 Å². The van der Waals surface area contributed by atoms with E-state index in [2.05, 4.69) is 40.4 Å². The Morgan fingerprint density at radius 3 is 2.60 bits per heavy atom. The van der Waals surface area contributed by atoms with Crippen molar-refractivity contribution in [2.45, 2.75) is 27.3 Å². The summed E-state index contributed by atoms with van der Waals surface area (Å²) in [4.78, 5) is 23.3. The van der Waals surface area contributed by atoms with E-state index in [4.69, 9.17) is 15.2 Å². The van der Waals surface area contributed by atoms with E-state index in [1.807, 2.05) is 37.3 Å². The van der Waals surface area contributed by atoms with E-state index in [1.54, 1.807) is 6.07 Å². The molecule has 0 unspecified atom stereocenters. The Hall–Kier alpha value is -2.74. The van der Waals surface area contributed by atoms with Crippen molar-refractivity contribution in [3.63, 3.8) is 0 Å². The molecule has 0 aromatic heterocycles. The molecule has 0 bridgehead atoms. The number of benzene rings is 2. The number of ether oxygens (including phenoxy) is 2. The van der Waals surface area contributed by atoms with Crippen molar-refractivity contribution >= 4 is 33.4 Å². The van der Waals surface area contributed by atoms with E-state index in [9.17, 15) is 9.59 Å². The largest absolute Gasteiger partial charge is 0.490 e. The number of amides is 2. The molecule has 0 heterocycles. The van der Waals surface area contributed by atoms with Gasteiger partial charge in [-0.25, -0.2) is 0 Å². The summed E-state index contributed by atoms with van der Waals surface area (Å²) >= 11 is 3.47. The number of primary amides is 1. The van der Waals surface area contributed by atoms with Crippen LogP contribution in [0.25, 0.3) is 0 Å². The molecule has 0 fully saturated rings. The second-order valence-corrected chi connectivity index (χ2v) is 7.99. The highest BCUT2D eigenvalue weighted by molar-refractivity contribution is 9.10. The molecule has 4 N–H and O–H groups in total. The minimum Gasteiger partial charge on any atom is -0.490 e. The van der Waals surface area contributed by atoms with Gasteiger partial charge in [0.1, 0.15) is 0 Å². The van der Waals surface area contributed by atoms with Gasteiger partial charge < -0.3 is 25.8 Å². The SMILES string of the molecule is CCOc1cc(CNc2cccc(C(=O)NCC(C)C)c2)cc(Br)c1OCC(N)=O. The fourth-order valence-corrected chi connectivity index (χ4v) is 3.25. The van der Waals surface area contributed by atoms with Crippen LogP contribution >= 0.6 is 15.9 Å². The predicted octanol–water partition coefficient (Wildman–Crippen LogP) is 3.71. The molecule has 30 heavy (non-hydrogen) atoms. The first kappa shape index (κ1) is 23.5. The van der Waals surface area contributed by atoms with E-state index in [0.717, 1.165) is 11.3 Å². The summed E-state index contributed by atoms with van der Waals surface area (Å²) < 4.78 is 11.8. The molecule has 8 heteroatoms. The molecule has 162 valence electrons. The molecular formula is C22H28BrN3O4. The molecule has 2 rings (SSSR count). The van der Waals surface area contributed by atoms with Crippen LogP contribution < -0.4 is 25.8 Å². The monoisotopic (exact) mass is 477 g/mol. The summed E-state index contributed by atoms with van der Waals surface area (Å²) in [7, 11) is 0. The summed E-state index contributed by atoms with van der Waals surface area (Å²) in [5.74, 6) is 0.690. The number of carbonyl (C=O) groups is 2. The smallest absolute Gasteiger partial charge is 0.255 e. The molecule has 2 aromatic rings. The van der Waals surface area contributed by atoms with Gasteiger partial charge in [-0.3, -0.25) is 9.59 Å². The van der Waals surface area contributed by atoms with Crippen molar-refractivity contribution in [1.29, 1.82) is 0 Å². The molecule has 0 spiro atoms. The van der Waals surface area contributed by atoms with Crippen molar-refractivity contribution in [2.24, 2.45) is 11.7 Å². The Morgan fingerprint density at radius 1 is 1.17 bits per heavy atom. The van der Waals surface area contributed by atoms with E-state index in [1.165, 1.54) is 0 Å². The highest BCUT2D eigenvalue weighted by Crippen LogP contribution is 2.37. The fraction of sp³-hybridized carbons (Fsp3) is 0.364. The van der Waals surface area contributed by atoms with Crippen molar-refractivity contribution in [3.8, 4) is 11.5 Å². The highest BCUT2D eigenvalue weighted by atomic mass is 79.9. The second-order valence-electron chi connectivity index (χ2n) is 7.13. The van der Waals surface area contributed by atoms with E-state index >= 15 is 0 Å². The zero-order valence-corrected chi connectivity index (χ0v) is 19.0. The van der Waals surface area contributed by atoms with Gasteiger partial charge in [-0.2, -0.15) is 0 Å². The summed E-state index contributed by atoms with van der Waals surface area (Å²) in [6.45, 7) is 7.33. The first-order valence-corrected chi connectivity index (χ1v) is 10.6. The lowest BCUT2D eigenvalue weighted by molar-refractivity contribution is -0.119. The maximum Gasteiger partial charge on any atom is 0.255 e. The van der Waals surface area contributed by atoms with Gasteiger partial charge in [0.15, 0.2) is 18.1 Å². The number of rotatable bonds is 11. The number of anilines is 1. The fourth-order valence-electron chi connectivity index (χ4n) is 2.64. The molecular weight excluding hydrogens is 450 g/mol. The van der Waals surface area contributed by atoms with Gasteiger partial charge in [0.2, 0.25) is 0 Å². The van der Waals surface area contributed by atoms with Gasteiger partial charge >= 0.3 is 0 Å².